The summed E-state index contributed by atoms with van der Waals surface area (Å²) in [5.41, 5.74) is 0. The summed E-state index contributed by atoms with van der Waals surface area (Å²) in [6.07, 6.45) is -0.403. The topological polar surface area (TPSA) is 62.2 Å². The molecule has 0 aromatic carbocycles. The first-order valence-corrected chi connectivity index (χ1v) is 5.10. The van der Waals surface area contributed by atoms with Crippen LogP contribution in [0.1, 0.15) is 13.3 Å². The summed E-state index contributed by atoms with van der Waals surface area (Å²) in [5, 5.41) is 9.44. The van der Waals surface area contributed by atoms with Crippen molar-refractivity contribution >= 4 is 11.1 Å². The zero-order chi connectivity index (χ0) is 9.35. The van der Waals surface area contributed by atoms with Crippen LogP contribution in [-0.4, -0.2) is 40.5 Å². The second-order valence-electron chi connectivity index (χ2n) is 2.78. The van der Waals surface area contributed by atoms with E-state index in [2.05, 4.69) is 0 Å². The summed E-state index contributed by atoms with van der Waals surface area (Å²) < 4.78 is 21.0. The molecule has 1 saturated heterocycles. The van der Waals surface area contributed by atoms with Crippen molar-refractivity contribution in [3.8, 4) is 0 Å². The Hall–Kier alpha value is 0.150. The van der Waals surface area contributed by atoms with E-state index in [4.69, 9.17) is 8.37 Å². The lowest BCUT2D eigenvalue weighted by molar-refractivity contribution is -0.0214. The fourth-order valence-corrected chi connectivity index (χ4v) is 2.43. The van der Waals surface area contributed by atoms with Gasteiger partial charge < -0.3 is 5.11 Å². The van der Waals surface area contributed by atoms with Gasteiger partial charge in [-0.15, -0.1) is 0 Å². The Bertz CT molecular complexity index is 170. The normalized spacial score (nSPS) is 50.1. The van der Waals surface area contributed by atoms with E-state index in [0.29, 0.717) is 6.42 Å². The first-order chi connectivity index (χ1) is 5.49. The smallest absolute Gasteiger partial charge is 0.162 e. The maximum absolute atomic E-state index is 9.69. The van der Waals surface area contributed by atoms with E-state index >= 15 is 0 Å². The molecule has 3 atom stereocenters. The average molecular weight is 197 g/mol. The Labute approximate surface area is 74.0 Å². The van der Waals surface area contributed by atoms with Gasteiger partial charge in [0.25, 0.3) is 0 Å². The molecule has 6 heteroatoms. The number of hydrogen-bond donors (Lipinski definition) is 2. The number of hydrogen-bond acceptors (Lipinski definition) is 5. The van der Waals surface area contributed by atoms with Crippen molar-refractivity contribution in [2.24, 2.45) is 0 Å². The summed E-state index contributed by atoms with van der Waals surface area (Å²) in [6, 6.07) is 0. The third kappa shape index (κ3) is 1.73. The molecule has 1 aliphatic heterocycles. The molecule has 0 aliphatic carbocycles. The molecule has 0 aromatic rings. The summed E-state index contributed by atoms with van der Waals surface area (Å²) in [7, 11) is 2.92. The molecule has 0 amide bonds. The first kappa shape index (κ1) is 10.2. The Balaban J connectivity index is 2.72. The molecule has 1 heterocycles. The largest absolute Gasteiger partial charge is 0.377 e. The van der Waals surface area contributed by atoms with Gasteiger partial charge in [0.2, 0.25) is 0 Å². The molecule has 3 unspecified atom stereocenters. The van der Waals surface area contributed by atoms with Crippen molar-refractivity contribution in [3.05, 3.63) is 0 Å². The monoisotopic (exact) mass is 197 g/mol. The predicted octanol–water partition coefficient (Wildman–Crippen LogP) is 0.714. The van der Waals surface area contributed by atoms with Crippen LogP contribution in [0.25, 0.3) is 0 Å². The molecule has 2 N–H and O–H groups in total. The Morgan fingerprint density at radius 3 is 2.75 bits per heavy atom. The van der Waals surface area contributed by atoms with Crippen molar-refractivity contribution in [3.63, 3.8) is 0 Å². The van der Waals surface area contributed by atoms with Crippen molar-refractivity contribution in [1.82, 2.24) is 4.31 Å². The van der Waals surface area contributed by atoms with Crippen LogP contribution in [0.2, 0.25) is 0 Å². The van der Waals surface area contributed by atoms with E-state index in [0.717, 1.165) is 0 Å². The van der Waals surface area contributed by atoms with Gasteiger partial charge in [-0.1, -0.05) is 0 Å². The van der Waals surface area contributed by atoms with E-state index in [1.807, 2.05) is 0 Å². The molecular formula is C6H15NO4S. The predicted molar refractivity (Wildman–Crippen MR) is 46.2 cm³/mol. The Kier molecular flexibility index (Phi) is 2.97. The maximum atomic E-state index is 9.69. The standard InChI is InChI=1S/C6H15NO4S/c1-5-4-6(8)7(2)12(9,10-3)11-5/h5-6,8-9H,4H2,1-3H3. The molecule has 0 saturated carbocycles. The summed E-state index contributed by atoms with van der Waals surface area (Å²) in [4.78, 5) is 0. The first-order valence-electron chi connectivity index (χ1n) is 3.70. The van der Waals surface area contributed by atoms with Gasteiger partial charge in [0.1, 0.15) is 6.23 Å². The number of nitrogens with zero attached hydrogens (tertiary/aromatic N) is 1. The van der Waals surface area contributed by atoms with Crippen LogP contribution in [0.5, 0.6) is 0 Å². The lowest BCUT2D eigenvalue weighted by atomic mass is 10.2. The Morgan fingerprint density at radius 1 is 1.67 bits per heavy atom. The fourth-order valence-electron chi connectivity index (χ4n) is 1.08. The van der Waals surface area contributed by atoms with Crippen LogP contribution in [0.4, 0.5) is 0 Å². The molecule has 1 rings (SSSR count). The summed E-state index contributed by atoms with van der Waals surface area (Å²) >= 11 is -2.67. The number of rotatable bonds is 1. The van der Waals surface area contributed by atoms with Crippen molar-refractivity contribution < 1.29 is 18.0 Å². The van der Waals surface area contributed by atoms with Crippen LogP contribution in [-0.2, 0) is 8.37 Å². The highest BCUT2D eigenvalue weighted by molar-refractivity contribution is 8.18. The number of aliphatic hydroxyl groups is 1. The van der Waals surface area contributed by atoms with Crippen LogP contribution in [0.3, 0.4) is 0 Å². The van der Waals surface area contributed by atoms with Gasteiger partial charge in [0.05, 0.1) is 13.2 Å². The molecule has 5 nitrogen and oxygen atoms in total. The van der Waals surface area contributed by atoms with Crippen LogP contribution >= 0.6 is 11.1 Å². The quantitative estimate of drug-likeness (QED) is 0.648. The summed E-state index contributed by atoms with van der Waals surface area (Å²) in [6.45, 7) is 1.78. The molecular weight excluding hydrogens is 182 g/mol. The highest BCUT2D eigenvalue weighted by atomic mass is 32.3. The van der Waals surface area contributed by atoms with Gasteiger partial charge in [-0.25, -0.2) is 0 Å². The maximum Gasteiger partial charge on any atom is 0.162 e. The van der Waals surface area contributed by atoms with Gasteiger partial charge in [-0.3, -0.25) is 12.9 Å². The third-order valence-electron chi connectivity index (χ3n) is 1.83. The van der Waals surface area contributed by atoms with Gasteiger partial charge in [0, 0.05) is 13.5 Å². The molecule has 0 spiro atoms. The highest BCUT2D eigenvalue weighted by Gasteiger charge is 2.39. The van der Waals surface area contributed by atoms with Crippen LogP contribution in [0, 0.1) is 0 Å². The lowest BCUT2D eigenvalue weighted by Gasteiger charge is -2.46. The fraction of sp³-hybridized carbons (Fsp3) is 1.00. The van der Waals surface area contributed by atoms with Gasteiger partial charge >= 0.3 is 0 Å². The second-order valence-corrected chi connectivity index (χ2v) is 4.78. The summed E-state index contributed by atoms with van der Waals surface area (Å²) in [5.74, 6) is 0. The van der Waals surface area contributed by atoms with Gasteiger partial charge in [0.15, 0.2) is 11.1 Å². The van der Waals surface area contributed by atoms with E-state index < -0.39 is 17.3 Å². The van der Waals surface area contributed by atoms with Crippen molar-refractivity contribution in [1.29, 1.82) is 0 Å². The molecule has 12 heavy (non-hydrogen) atoms. The van der Waals surface area contributed by atoms with Gasteiger partial charge in [-0.2, -0.15) is 4.31 Å². The molecule has 0 radical (unpaired) electrons. The average Bonchev–Trinajstić information content (AvgIpc) is 2.00. The minimum Gasteiger partial charge on any atom is -0.377 e. The van der Waals surface area contributed by atoms with Crippen LogP contribution in [0.15, 0.2) is 0 Å². The third-order valence-corrected chi connectivity index (χ3v) is 3.82. The minimum atomic E-state index is -2.67. The molecule has 1 aliphatic rings. The van der Waals surface area contributed by atoms with E-state index in [1.165, 1.54) is 11.4 Å². The molecule has 0 aromatic heterocycles. The molecule has 74 valence electrons. The van der Waals surface area contributed by atoms with E-state index in [9.17, 15) is 9.66 Å². The van der Waals surface area contributed by atoms with Gasteiger partial charge in [-0.05, 0) is 6.92 Å². The lowest BCUT2D eigenvalue weighted by Crippen LogP contribution is -2.43. The Morgan fingerprint density at radius 2 is 2.25 bits per heavy atom. The molecule has 1 fully saturated rings. The SMILES string of the molecule is COS1(O)OC(C)CC(O)N1C. The van der Waals surface area contributed by atoms with Crippen LogP contribution < -0.4 is 0 Å². The van der Waals surface area contributed by atoms with E-state index in [1.54, 1.807) is 14.0 Å². The zero-order valence-corrected chi connectivity index (χ0v) is 8.24. The van der Waals surface area contributed by atoms with Crippen molar-refractivity contribution in [2.75, 3.05) is 14.2 Å². The second kappa shape index (κ2) is 3.49. The zero-order valence-electron chi connectivity index (χ0n) is 7.43. The van der Waals surface area contributed by atoms with E-state index in [-0.39, 0.29) is 6.10 Å². The minimum absolute atomic E-state index is 0.184. The number of aliphatic hydroxyl groups excluding tert-OH is 1. The highest BCUT2D eigenvalue weighted by Crippen LogP contribution is 2.53. The van der Waals surface area contributed by atoms with Crippen molar-refractivity contribution in [2.45, 2.75) is 25.7 Å². The molecule has 0 bridgehead atoms.